The lowest BCUT2D eigenvalue weighted by molar-refractivity contribution is -0.138. The third-order valence-electron chi connectivity index (χ3n) is 6.93. The molecule has 188 valence electrons. The molecule has 0 aromatic carbocycles. The molecule has 1 atom stereocenters. The molecule has 35 heavy (non-hydrogen) atoms. The molecule has 2 aromatic rings. The second-order valence-electron chi connectivity index (χ2n) is 9.23. The van der Waals surface area contributed by atoms with Gasteiger partial charge >= 0.3 is 6.18 Å². The Labute approximate surface area is 201 Å². The topological polar surface area (TPSA) is 88.5 Å². The van der Waals surface area contributed by atoms with Gasteiger partial charge in [0.2, 0.25) is 16.0 Å². The van der Waals surface area contributed by atoms with Crippen molar-refractivity contribution in [3.05, 3.63) is 47.6 Å². The number of fused-ring (bicyclic) bond motifs is 1. The summed E-state index contributed by atoms with van der Waals surface area (Å²) in [6.45, 7) is 2.11. The zero-order valence-corrected chi connectivity index (χ0v) is 20.0. The van der Waals surface area contributed by atoms with Crippen LogP contribution in [0.25, 0.3) is 5.57 Å². The van der Waals surface area contributed by atoms with Gasteiger partial charge in [0.05, 0.1) is 23.7 Å². The molecule has 3 aliphatic rings. The molecule has 12 heteroatoms. The van der Waals surface area contributed by atoms with Crippen molar-refractivity contribution in [2.24, 2.45) is 5.92 Å². The van der Waals surface area contributed by atoms with Gasteiger partial charge in [-0.05, 0) is 36.8 Å². The number of nitrogens with zero attached hydrogens (tertiary/aromatic N) is 5. The van der Waals surface area contributed by atoms with Gasteiger partial charge in [0.15, 0.2) is 0 Å². The number of hydrogen-bond donors (Lipinski definition) is 0. The number of piperidine rings is 1. The molecule has 0 amide bonds. The molecule has 0 unspecified atom stereocenters. The lowest BCUT2D eigenvalue weighted by atomic mass is 9.89. The van der Waals surface area contributed by atoms with Crippen molar-refractivity contribution in [3.63, 3.8) is 0 Å². The van der Waals surface area contributed by atoms with Crippen LogP contribution in [0.5, 0.6) is 5.75 Å². The van der Waals surface area contributed by atoms with Gasteiger partial charge in [0.1, 0.15) is 11.9 Å². The smallest absolute Gasteiger partial charge is 0.419 e. The second kappa shape index (κ2) is 9.05. The van der Waals surface area contributed by atoms with Crippen molar-refractivity contribution < 1.29 is 26.3 Å². The van der Waals surface area contributed by atoms with Crippen LogP contribution in [0.2, 0.25) is 0 Å². The number of anilines is 1. The molecule has 8 nitrogen and oxygen atoms in total. The monoisotopic (exact) mass is 509 g/mol. The van der Waals surface area contributed by atoms with Crippen molar-refractivity contribution in [3.8, 4) is 5.75 Å². The van der Waals surface area contributed by atoms with E-state index in [-0.39, 0.29) is 6.10 Å². The van der Waals surface area contributed by atoms with E-state index in [1.807, 2.05) is 17.0 Å². The summed E-state index contributed by atoms with van der Waals surface area (Å²) in [6.07, 6.45) is 5.18. The van der Waals surface area contributed by atoms with Gasteiger partial charge in [-0.15, -0.1) is 0 Å². The van der Waals surface area contributed by atoms with Crippen molar-refractivity contribution in [2.45, 2.75) is 38.0 Å². The Morgan fingerprint density at radius 3 is 2.37 bits per heavy atom. The number of ether oxygens (including phenoxy) is 1. The Kier molecular flexibility index (Phi) is 6.20. The first-order chi connectivity index (χ1) is 16.6. The first-order valence-corrected chi connectivity index (χ1v) is 13.4. The molecule has 0 radical (unpaired) electrons. The van der Waals surface area contributed by atoms with E-state index in [1.165, 1.54) is 10.6 Å². The molecular weight excluding hydrogens is 483 g/mol. The van der Waals surface area contributed by atoms with Gasteiger partial charge in [0, 0.05) is 50.6 Å². The number of aromatic nitrogens is 3. The number of sulfonamides is 1. The Bertz CT molecular complexity index is 1230. The predicted octanol–water partition coefficient (Wildman–Crippen LogP) is 3.16. The van der Waals surface area contributed by atoms with Crippen LogP contribution in [0.15, 0.2) is 30.7 Å². The van der Waals surface area contributed by atoms with Crippen LogP contribution in [0.4, 0.5) is 19.1 Å². The van der Waals surface area contributed by atoms with Gasteiger partial charge in [-0.2, -0.15) is 17.5 Å². The molecule has 3 aliphatic heterocycles. The fourth-order valence-electron chi connectivity index (χ4n) is 4.90. The third kappa shape index (κ3) is 5.13. The maximum absolute atomic E-state index is 12.7. The highest BCUT2D eigenvalue weighted by molar-refractivity contribution is 7.88. The molecule has 0 aliphatic carbocycles. The average molecular weight is 510 g/mol. The van der Waals surface area contributed by atoms with E-state index in [0.29, 0.717) is 44.5 Å². The van der Waals surface area contributed by atoms with Crippen LogP contribution in [-0.2, 0) is 22.6 Å². The number of hydrogen-bond acceptors (Lipinski definition) is 7. The van der Waals surface area contributed by atoms with Crippen LogP contribution in [0.1, 0.15) is 36.1 Å². The van der Waals surface area contributed by atoms with Gasteiger partial charge in [-0.3, -0.25) is 4.98 Å². The van der Waals surface area contributed by atoms with E-state index in [0.717, 1.165) is 54.2 Å². The average Bonchev–Trinajstić information content (AvgIpc) is 3.27. The van der Waals surface area contributed by atoms with E-state index in [1.54, 1.807) is 6.20 Å². The van der Waals surface area contributed by atoms with Gasteiger partial charge < -0.3 is 9.64 Å². The van der Waals surface area contributed by atoms with Gasteiger partial charge in [0.25, 0.3) is 0 Å². The fraction of sp³-hybridized carbons (Fsp3) is 0.522. The molecular formula is C23H26F3N5O3S. The van der Waals surface area contributed by atoms with Crippen molar-refractivity contribution in [1.29, 1.82) is 0 Å². The van der Waals surface area contributed by atoms with E-state index in [4.69, 9.17) is 4.74 Å². The molecule has 0 saturated carbocycles. The molecule has 2 aromatic heterocycles. The van der Waals surface area contributed by atoms with Crippen molar-refractivity contribution >= 4 is 21.5 Å². The molecule has 0 N–H and O–H groups in total. The summed E-state index contributed by atoms with van der Waals surface area (Å²) in [4.78, 5) is 14.3. The van der Waals surface area contributed by atoms with E-state index >= 15 is 0 Å². The normalized spacial score (nSPS) is 22.0. The zero-order chi connectivity index (χ0) is 24.8. The lowest BCUT2D eigenvalue weighted by Crippen LogP contribution is -2.40. The Morgan fingerprint density at radius 2 is 1.77 bits per heavy atom. The Balaban J connectivity index is 1.18. The summed E-state index contributed by atoms with van der Waals surface area (Å²) in [7, 11) is -3.20. The lowest BCUT2D eigenvalue weighted by Gasteiger charge is -2.34. The highest BCUT2D eigenvalue weighted by Crippen LogP contribution is 2.37. The minimum atomic E-state index is -4.45. The number of alkyl halides is 3. The predicted molar refractivity (Wildman–Crippen MR) is 123 cm³/mol. The quantitative estimate of drug-likeness (QED) is 0.626. The molecule has 0 spiro atoms. The maximum atomic E-state index is 12.7. The Hall–Kier alpha value is -2.73. The first kappa shape index (κ1) is 24.0. The summed E-state index contributed by atoms with van der Waals surface area (Å²) >= 11 is 0. The molecule has 0 bridgehead atoms. The van der Waals surface area contributed by atoms with Crippen LogP contribution < -0.4 is 9.64 Å². The largest absolute Gasteiger partial charge is 0.488 e. The second-order valence-corrected chi connectivity index (χ2v) is 11.2. The fourth-order valence-corrected chi connectivity index (χ4v) is 5.66. The first-order valence-electron chi connectivity index (χ1n) is 11.5. The van der Waals surface area contributed by atoms with Crippen LogP contribution in [0.3, 0.4) is 0 Å². The highest BCUT2D eigenvalue weighted by atomic mass is 32.2. The van der Waals surface area contributed by atoms with Crippen molar-refractivity contribution in [2.75, 3.05) is 37.3 Å². The number of rotatable bonds is 4. The molecule has 5 rings (SSSR count). The minimum absolute atomic E-state index is 0.0267. The summed E-state index contributed by atoms with van der Waals surface area (Å²) in [5, 5.41) is 0. The van der Waals surface area contributed by atoms with E-state index in [9.17, 15) is 21.6 Å². The highest BCUT2D eigenvalue weighted by Gasteiger charge is 2.35. The minimum Gasteiger partial charge on any atom is -0.488 e. The molecule has 5 heterocycles. The van der Waals surface area contributed by atoms with Crippen LogP contribution >= 0.6 is 0 Å². The number of halogens is 3. The Morgan fingerprint density at radius 1 is 1.06 bits per heavy atom. The summed E-state index contributed by atoms with van der Waals surface area (Å²) < 4.78 is 69.4. The standard InChI is InChI=1S/C23H26F3N5O3S/c1-35(32,33)31-8-4-15(5-9-31)19-10-17-11-20(34-21(17)14-27-19)16-2-6-30(7-3-16)22-28-12-18(13-29-22)23(24,25)26/h4,10,12-14,16,20H,2-3,5-9,11H2,1H3/t20-/m0/s1. The summed E-state index contributed by atoms with van der Waals surface area (Å²) in [5.74, 6) is 1.41. The van der Waals surface area contributed by atoms with Gasteiger partial charge in [-0.1, -0.05) is 6.08 Å². The maximum Gasteiger partial charge on any atom is 0.419 e. The van der Waals surface area contributed by atoms with E-state index < -0.39 is 21.8 Å². The molecule has 1 saturated heterocycles. The van der Waals surface area contributed by atoms with E-state index in [2.05, 4.69) is 15.0 Å². The van der Waals surface area contributed by atoms with Crippen LogP contribution in [0, 0.1) is 5.92 Å². The van der Waals surface area contributed by atoms with Crippen molar-refractivity contribution in [1.82, 2.24) is 19.3 Å². The molecule has 1 fully saturated rings. The van der Waals surface area contributed by atoms with Crippen LogP contribution in [-0.4, -0.2) is 66.2 Å². The third-order valence-corrected chi connectivity index (χ3v) is 8.20. The summed E-state index contributed by atoms with van der Waals surface area (Å²) in [5.41, 5.74) is 2.15. The summed E-state index contributed by atoms with van der Waals surface area (Å²) in [6, 6.07) is 2.04. The SMILES string of the molecule is CS(=O)(=O)N1CC=C(c2cc3c(cn2)O[C@H](C2CCN(c4ncc(C(F)(F)F)cn4)CC2)C3)CC1. The number of pyridine rings is 1. The zero-order valence-electron chi connectivity index (χ0n) is 19.2. The van der Waals surface area contributed by atoms with Gasteiger partial charge in [-0.25, -0.2) is 18.4 Å².